The van der Waals surface area contributed by atoms with Gasteiger partial charge in [-0.1, -0.05) is 19.8 Å². The maximum absolute atomic E-state index is 10.4. The average molecular weight is 476 g/mol. The summed E-state index contributed by atoms with van der Waals surface area (Å²) in [5.74, 6) is 2.44. The molecule has 1 aromatic heterocycles. The van der Waals surface area contributed by atoms with Crippen molar-refractivity contribution >= 4 is 29.9 Å². The number of likely N-dealkylation sites (tertiary alicyclic amines) is 1. The maximum atomic E-state index is 10.4. The standard InChI is InChI=1S/C18H32N6O.HI/c1-3-19-17(20-12-18(2)9-5-4-6-15(18)25)24-10-7-14(8-11-24)16-21-13-22-23-16;/h13-15,25H,3-12H2,1-2H3,(H,19,20)(H,21,22,23);1H. The number of halogens is 1. The van der Waals surface area contributed by atoms with Gasteiger partial charge in [-0.25, -0.2) is 4.98 Å². The first-order valence-electron chi connectivity index (χ1n) is 9.69. The van der Waals surface area contributed by atoms with Crippen molar-refractivity contribution in [1.29, 1.82) is 0 Å². The number of aliphatic imine (C=N–C) groups is 1. The summed E-state index contributed by atoms with van der Waals surface area (Å²) in [6.07, 6.45) is 7.76. The topological polar surface area (TPSA) is 89.4 Å². The monoisotopic (exact) mass is 476 g/mol. The van der Waals surface area contributed by atoms with Crippen LogP contribution in [-0.2, 0) is 0 Å². The third-order valence-corrected chi connectivity index (χ3v) is 5.82. The summed E-state index contributed by atoms with van der Waals surface area (Å²) in [5.41, 5.74) is -0.0862. The number of aromatic amines is 1. The Balaban J connectivity index is 0.00000243. The van der Waals surface area contributed by atoms with E-state index in [-0.39, 0.29) is 35.5 Å². The van der Waals surface area contributed by atoms with Crippen LogP contribution in [0.25, 0.3) is 0 Å². The molecule has 7 nitrogen and oxygen atoms in total. The van der Waals surface area contributed by atoms with Gasteiger partial charge in [0, 0.05) is 31.0 Å². The van der Waals surface area contributed by atoms with Gasteiger partial charge in [0.25, 0.3) is 0 Å². The number of aliphatic hydroxyl groups excluding tert-OH is 1. The lowest BCUT2D eigenvalue weighted by molar-refractivity contribution is 0.00701. The maximum Gasteiger partial charge on any atom is 0.193 e. The first-order chi connectivity index (χ1) is 12.1. The van der Waals surface area contributed by atoms with Crippen LogP contribution in [0.2, 0.25) is 0 Å². The summed E-state index contributed by atoms with van der Waals surface area (Å²) in [6, 6.07) is 0. The summed E-state index contributed by atoms with van der Waals surface area (Å²) >= 11 is 0. The van der Waals surface area contributed by atoms with E-state index in [1.54, 1.807) is 6.33 Å². The van der Waals surface area contributed by atoms with Gasteiger partial charge in [0.05, 0.1) is 12.6 Å². The van der Waals surface area contributed by atoms with Crippen molar-refractivity contribution in [3.63, 3.8) is 0 Å². The molecule has 2 fully saturated rings. The van der Waals surface area contributed by atoms with Crippen LogP contribution in [0.4, 0.5) is 0 Å². The number of nitrogens with zero attached hydrogens (tertiary/aromatic N) is 4. The lowest BCUT2D eigenvalue weighted by atomic mass is 9.73. The highest BCUT2D eigenvalue weighted by Gasteiger charge is 2.35. The Labute approximate surface area is 173 Å². The lowest BCUT2D eigenvalue weighted by Crippen LogP contribution is -2.46. The van der Waals surface area contributed by atoms with Gasteiger partial charge in [-0.3, -0.25) is 10.1 Å². The van der Waals surface area contributed by atoms with Gasteiger partial charge in [-0.05, 0) is 32.6 Å². The van der Waals surface area contributed by atoms with Crippen molar-refractivity contribution in [2.24, 2.45) is 10.4 Å². The van der Waals surface area contributed by atoms with Gasteiger partial charge in [0.1, 0.15) is 12.2 Å². The number of rotatable bonds is 4. The zero-order valence-electron chi connectivity index (χ0n) is 15.9. The van der Waals surface area contributed by atoms with Crippen LogP contribution < -0.4 is 5.32 Å². The molecule has 2 atom stereocenters. The molecule has 26 heavy (non-hydrogen) atoms. The van der Waals surface area contributed by atoms with E-state index in [4.69, 9.17) is 4.99 Å². The predicted molar refractivity (Wildman–Crippen MR) is 114 cm³/mol. The SMILES string of the molecule is CCNC(=NCC1(C)CCCCC1O)N1CCC(c2ncn[nH]2)CC1.I. The Kier molecular flexibility index (Phi) is 8.12. The number of nitrogens with one attached hydrogen (secondary N) is 2. The number of piperidine rings is 1. The molecule has 1 aliphatic heterocycles. The molecule has 0 radical (unpaired) electrons. The van der Waals surface area contributed by atoms with Crippen molar-refractivity contribution in [3.05, 3.63) is 12.2 Å². The van der Waals surface area contributed by atoms with Crippen molar-refractivity contribution in [2.75, 3.05) is 26.2 Å². The highest BCUT2D eigenvalue weighted by atomic mass is 127. The molecule has 2 heterocycles. The van der Waals surface area contributed by atoms with E-state index in [0.717, 1.165) is 63.5 Å². The molecule has 3 N–H and O–H groups in total. The molecule has 2 aliphatic rings. The molecule has 0 amide bonds. The zero-order chi connectivity index (χ0) is 17.7. The van der Waals surface area contributed by atoms with E-state index >= 15 is 0 Å². The van der Waals surface area contributed by atoms with Crippen LogP contribution in [0.1, 0.15) is 64.1 Å². The summed E-state index contributed by atoms with van der Waals surface area (Å²) in [7, 11) is 0. The molecule has 1 aliphatic carbocycles. The van der Waals surface area contributed by atoms with Crippen LogP contribution >= 0.6 is 24.0 Å². The number of hydrogen-bond donors (Lipinski definition) is 3. The van der Waals surface area contributed by atoms with Crippen LogP contribution in [0, 0.1) is 5.41 Å². The highest BCUT2D eigenvalue weighted by Crippen LogP contribution is 2.36. The van der Waals surface area contributed by atoms with E-state index in [0.29, 0.717) is 12.5 Å². The molecule has 0 bridgehead atoms. The molecule has 2 unspecified atom stereocenters. The molecule has 0 aromatic carbocycles. The Morgan fingerprint density at radius 2 is 2.15 bits per heavy atom. The van der Waals surface area contributed by atoms with Gasteiger partial charge in [-0.15, -0.1) is 24.0 Å². The Morgan fingerprint density at radius 1 is 1.38 bits per heavy atom. The first-order valence-corrected chi connectivity index (χ1v) is 9.69. The fourth-order valence-corrected chi connectivity index (χ4v) is 4.02. The van der Waals surface area contributed by atoms with E-state index in [1.165, 1.54) is 6.42 Å². The summed E-state index contributed by atoms with van der Waals surface area (Å²) in [6.45, 7) is 7.78. The number of H-pyrrole nitrogens is 1. The predicted octanol–water partition coefficient (Wildman–Crippen LogP) is 2.51. The fourth-order valence-electron chi connectivity index (χ4n) is 4.02. The third-order valence-electron chi connectivity index (χ3n) is 5.82. The number of guanidine groups is 1. The fraction of sp³-hybridized carbons (Fsp3) is 0.833. The molecule has 1 saturated heterocycles. The minimum absolute atomic E-state index is 0. The Bertz CT molecular complexity index is 558. The number of hydrogen-bond acceptors (Lipinski definition) is 4. The van der Waals surface area contributed by atoms with Crippen LogP contribution in [0.5, 0.6) is 0 Å². The molecular formula is C18H33IN6O. The highest BCUT2D eigenvalue weighted by molar-refractivity contribution is 14.0. The van der Waals surface area contributed by atoms with E-state index in [1.807, 2.05) is 0 Å². The second-order valence-corrected chi connectivity index (χ2v) is 7.72. The van der Waals surface area contributed by atoms with Crippen LogP contribution in [0.15, 0.2) is 11.3 Å². The van der Waals surface area contributed by atoms with Gasteiger partial charge in [0.15, 0.2) is 5.96 Å². The molecule has 148 valence electrons. The minimum Gasteiger partial charge on any atom is -0.392 e. The normalized spacial score (nSPS) is 27.9. The van der Waals surface area contributed by atoms with E-state index in [2.05, 4.69) is 39.2 Å². The van der Waals surface area contributed by atoms with E-state index < -0.39 is 0 Å². The van der Waals surface area contributed by atoms with Crippen molar-refractivity contribution in [2.45, 2.75) is 64.4 Å². The summed E-state index contributed by atoms with van der Waals surface area (Å²) in [5, 5.41) is 20.8. The Morgan fingerprint density at radius 3 is 2.77 bits per heavy atom. The molecule has 3 rings (SSSR count). The third kappa shape index (κ3) is 5.09. The smallest absolute Gasteiger partial charge is 0.193 e. The van der Waals surface area contributed by atoms with Gasteiger partial charge < -0.3 is 15.3 Å². The van der Waals surface area contributed by atoms with Gasteiger partial charge in [0.2, 0.25) is 0 Å². The average Bonchev–Trinajstić information content (AvgIpc) is 3.16. The molecule has 1 saturated carbocycles. The van der Waals surface area contributed by atoms with Crippen molar-refractivity contribution < 1.29 is 5.11 Å². The summed E-state index contributed by atoms with van der Waals surface area (Å²) < 4.78 is 0. The zero-order valence-corrected chi connectivity index (χ0v) is 18.3. The van der Waals surface area contributed by atoms with Crippen molar-refractivity contribution in [3.8, 4) is 0 Å². The quantitative estimate of drug-likeness (QED) is 0.353. The molecular weight excluding hydrogens is 443 g/mol. The minimum atomic E-state index is -0.231. The lowest BCUT2D eigenvalue weighted by Gasteiger charge is -2.38. The Hall–Kier alpha value is -0.900. The first kappa shape index (κ1) is 21.4. The van der Waals surface area contributed by atoms with E-state index in [9.17, 15) is 5.11 Å². The number of aromatic nitrogens is 3. The molecule has 1 aromatic rings. The molecule has 8 heteroatoms. The van der Waals surface area contributed by atoms with Crippen molar-refractivity contribution in [1.82, 2.24) is 25.4 Å². The van der Waals surface area contributed by atoms with Gasteiger partial charge in [-0.2, -0.15) is 5.10 Å². The summed E-state index contributed by atoms with van der Waals surface area (Å²) in [4.78, 5) is 11.6. The van der Waals surface area contributed by atoms with Crippen LogP contribution in [-0.4, -0.2) is 63.4 Å². The number of aliphatic hydroxyl groups is 1. The largest absolute Gasteiger partial charge is 0.392 e. The van der Waals surface area contributed by atoms with Gasteiger partial charge >= 0.3 is 0 Å². The van der Waals surface area contributed by atoms with Crippen LogP contribution in [0.3, 0.4) is 0 Å². The molecule has 0 spiro atoms. The second kappa shape index (κ2) is 9.87. The second-order valence-electron chi connectivity index (χ2n) is 7.72.